The zero-order valence-electron chi connectivity index (χ0n) is 12.3. The summed E-state index contributed by atoms with van der Waals surface area (Å²) in [6.07, 6.45) is 7.31. The molecule has 1 aliphatic heterocycles. The monoisotopic (exact) mass is 285 g/mol. The standard InChI is InChI=1S/C17H23N3O/c1-2-10-18-12-17(21)19-16-9-6-11-20(14-16)13-15-7-4-3-5-8-15/h1,3-5,7-8,16,18H,6,9-14H2,(H,19,21). The molecule has 0 aromatic heterocycles. The summed E-state index contributed by atoms with van der Waals surface area (Å²) in [6.45, 7) is 3.67. The van der Waals surface area contributed by atoms with Crippen LogP contribution >= 0.6 is 0 Å². The van der Waals surface area contributed by atoms with E-state index in [0.29, 0.717) is 13.1 Å². The molecular weight excluding hydrogens is 262 g/mol. The maximum absolute atomic E-state index is 11.8. The van der Waals surface area contributed by atoms with Gasteiger partial charge in [-0.3, -0.25) is 15.0 Å². The molecule has 0 bridgehead atoms. The molecule has 1 atom stereocenters. The molecule has 1 heterocycles. The summed E-state index contributed by atoms with van der Waals surface area (Å²) in [5.41, 5.74) is 1.32. The molecule has 0 saturated carbocycles. The van der Waals surface area contributed by atoms with Crippen LogP contribution in [0, 0.1) is 12.3 Å². The highest BCUT2D eigenvalue weighted by Gasteiger charge is 2.21. The molecule has 0 spiro atoms. The van der Waals surface area contributed by atoms with Crippen molar-refractivity contribution in [2.75, 3.05) is 26.2 Å². The van der Waals surface area contributed by atoms with Gasteiger partial charge in [0.25, 0.3) is 0 Å². The van der Waals surface area contributed by atoms with Crippen molar-refractivity contribution >= 4 is 5.91 Å². The van der Waals surface area contributed by atoms with Crippen LogP contribution in [-0.4, -0.2) is 43.0 Å². The fourth-order valence-electron chi connectivity index (χ4n) is 2.69. The maximum Gasteiger partial charge on any atom is 0.234 e. The quantitative estimate of drug-likeness (QED) is 0.605. The minimum atomic E-state index is 0.0248. The van der Waals surface area contributed by atoms with Crippen LogP contribution in [0.2, 0.25) is 0 Å². The van der Waals surface area contributed by atoms with E-state index in [1.54, 1.807) is 0 Å². The van der Waals surface area contributed by atoms with E-state index in [-0.39, 0.29) is 11.9 Å². The molecule has 4 heteroatoms. The highest BCUT2D eigenvalue weighted by atomic mass is 16.2. The van der Waals surface area contributed by atoms with Gasteiger partial charge in [0.05, 0.1) is 13.1 Å². The van der Waals surface area contributed by atoms with Crippen molar-refractivity contribution in [3.05, 3.63) is 35.9 Å². The van der Waals surface area contributed by atoms with E-state index < -0.39 is 0 Å². The van der Waals surface area contributed by atoms with Crippen LogP contribution < -0.4 is 10.6 Å². The lowest BCUT2D eigenvalue weighted by Crippen LogP contribution is -2.49. The normalized spacial score (nSPS) is 18.9. The molecule has 112 valence electrons. The summed E-state index contributed by atoms with van der Waals surface area (Å²) in [5.74, 6) is 2.49. The number of nitrogens with one attached hydrogen (secondary N) is 2. The van der Waals surface area contributed by atoms with Crippen LogP contribution in [0.3, 0.4) is 0 Å². The average molecular weight is 285 g/mol. The van der Waals surface area contributed by atoms with E-state index >= 15 is 0 Å². The first-order valence-corrected chi connectivity index (χ1v) is 7.48. The van der Waals surface area contributed by atoms with Gasteiger partial charge in [0.1, 0.15) is 0 Å². The Hall–Kier alpha value is -1.83. The third-order valence-electron chi connectivity index (χ3n) is 3.63. The molecule has 4 nitrogen and oxygen atoms in total. The molecule has 1 amide bonds. The molecule has 0 aliphatic carbocycles. The summed E-state index contributed by atoms with van der Waals surface area (Å²) < 4.78 is 0. The predicted octanol–water partition coefficient (Wildman–Crippen LogP) is 0.990. The molecule has 2 rings (SSSR count). The van der Waals surface area contributed by atoms with Gasteiger partial charge >= 0.3 is 0 Å². The highest BCUT2D eigenvalue weighted by Crippen LogP contribution is 2.13. The zero-order chi connectivity index (χ0) is 14.9. The predicted molar refractivity (Wildman–Crippen MR) is 84.6 cm³/mol. The highest BCUT2D eigenvalue weighted by molar-refractivity contribution is 5.78. The number of benzene rings is 1. The number of piperidine rings is 1. The summed E-state index contributed by atoms with van der Waals surface area (Å²) in [7, 11) is 0. The minimum absolute atomic E-state index is 0.0248. The Morgan fingerprint density at radius 2 is 2.19 bits per heavy atom. The van der Waals surface area contributed by atoms with E-state index in [2.05, 4.69) is 45.7 Å². The van der Waals surface area contributed by atoms with Crippen molar-refractivity contribution in [2.24, 2.45) is 0 Å². The number of carbonyl (C=O) groups is 1. The Bertz CT molecular complexity index is 481. The molecule has 0 radical (unpaired) electrons. The Morgan fingerprint density at radius 3 is 2.95 bits per heavy atom. The van der Waals surface area contributed by atoms with E-state index in [1.807, 2.05) is 6.07 Å². The lowest BCUT2D eigenvalue weighted by atomic mass is 10.0. The Balaban J connectivity index is 1.75. The van der Waals surface area contributed by atoms with E-state index in [9.17, 15) is 4.79 Å². The molecule has 1 fully saturated rings. The Kier molecular flexibility index (Phi) is 6.26. The van der Waals surface area contributed by atoms with Crippen molar-refractivity contribution in [3.63, 3.8) is 0 Å². The van der Waals surface area contributed by atoms with Crippen LogP contribution in [0.15, 0.2) is 30.3 Å². The zero-order valence-corrected chi connectivity index (χ0v) is 12.3. The van der Waals surface area contributed by atoms with Gasteiger partial charge in [0.2, 0.25) is 5.91 Å². The number of likely N-dealkylation sites (tertiary alicyclic amines) is 1. The number of hydrogen-bond acceptors (Lipinski definition) is 3. The molecule has 1 unspecified atom stereocenters. The van der Waals surface area contributed by atoms with Crippen molar-refractivity contribution in [3.8, 4) is 12.3 Å². The number of hydrogen-bond donors (Lipinski definition) is 2. The van der Waals surface area contributed by atoms with E-state index in [1.165, 1.54) is 5.56 Å². The second-order valence-electron chi connectivity index (χ2n) is 5.44. The lowest BCUT2D eigenvalue weighted by molar-refractivity contribution is -0.121. The van der Waals surface area contributed by atoms with Crippen molar-refractivity contribution in [1.29, 1.82) is 0 Å². The largest absolute Gasteiger partial charge is 0.351 e. The van der Waals surface area contributed by atoms with Gasteiger partial charge in [0.15, 0.2) is 0 Å². The van der Waals surface area contributed by atoms with E-state index in [4.69, 9.17) is 6.42 Å². The average Bonchev–Trinajstić information content (AvgIpc) is 2.49. The number of carbonyl (C=O) groups excluding carboxylic acids is 1. The van der Waals surface area contributed by atoms with Gasteiger partial charge < -0.3 is 5.32 Å². The Labute approximate surface area is 126 Å². The van der Waals surface area contributed by atoms with E-state index in [0.717, 1.165) is 32.5 Å². The molecule has 1 aliphatic rings. The van der Waals surface area contributed by atoms with Gasteiger partial charge in [-0.05, 0) is 24.9 Å². The van der Waals surface area contributed by atoms with Crippen LogP contribution in [0.5, 0.6) is 0 Å². The van der Waals surface area contributed by atoms with Crippen LogP contribution in [0.25, 0.3) is 0 Å². The third-order valence-corrected chi connectivity index (χ3v) is 3.63. The van der Waals surface area contributed by atoms with Crippen molar-refractivity contribution in [2.45, 2.75) is 25.4 Å². The smallest absolute Gasteiger partial charge is 0.234 e. The first-order valence-electron chi connectivity index (χ1n) is 7.48. The number of nitrogens with zero attached hydrogens (tertiary/aromatic N) is 1. The maximum atomic E-state index is 11.8. The molecule has 1 aromatic rings. The number of terminal acetylenes is 1. The van der Waals surface area contributed by atoms with Gasteiger partial charge in [-0.25, -0.2) is 0 Å². The Morgan fingerprint density at radius 1 is 1.38 bits per heavy atom. The van der Waals surface area contributed by atoms with Gasteiger partial charge in [-0.1, -0.05) is 36.3 Å². The number of amides is 1. The van der Waals surface area contributed by atoms with Gasteiger partial charge in [-0.2, -0.15) is 0 Å². The fourth-order valence-corrected chi connectivity index (χ4v) is 2.69. The summed E-state index contributed by atoms with van der Waals surface area (Å²) in [6, 6.07) is 10.7. The van der Waals surface area contributed by atoms with Crippen LogP contribution in [0.1, 0.15) is 18.4 Å². The molecule has 21 heavy (non-hydrogen) atoms. The molecule has 1 aromatic carbocycles. The molecule has 2 N–H and O–H groups in total. The summed E-state index contributed by atoms with van der Waals surface area (Å²) in [4.78, 5) is 14.2. The lowest BCUT2D eigenvalue weighted by Gasteiger charge is -2.33. The van der Waals surface area contributed by atoms with Crippen molar-refractivity contribution in [1.82, 2.24) is 15.5 Å². The SMILES string of the molecule is C#CCNCC(=O)NC1CCCN(Cc2ccccc2)C1. The third kappa shape index (κ3) is 5.58. The van der Waals surface area contributed by atoms with Gasteiger partial charge in [-0.15, -0.1) is 6.42 Å². The van der Waals surface area contributed by atoms with Crippen molar-refractivity contribution < 1.29 is 4.79 Å². The van der Waals surface area contributed by atoms with Gasteiger partial charge in [0, 0.05) is 19.1 Å². The molecular formula is C17H23N3O. The molecule has 1 saturated heterocycles. The van der Waals surface area contributed by atoms with Crippen LogP contribution in [-0.2, 0) is 11.3 Å². The summed E-state index contributed by atoms with van der Waals surface area (Å²) >= 11 is 0. The second-order valence-corrected chi connectivity index (χ2v) is 5.44. The summed E-state index contributed by atoms with van der Waals surface area (Å²) in [5, 5.41) is 6.00. The first-order chi connectivity index (χ1) is 10.3. The second kappa shape index (κ2) is 8.46. The fraction of sp³-hybridized carbons (Fsp3) is 0.471. The van der Waals surface area contributed by atoms with Crippen LogP contribution in [0.4, 0.5) is 0 Å². The number of rotatable bonds is 6. The topological polar surface area (TPSA) is 44.4 Å². The first kappa shape index (κ1) is 15.6. The minimum Gasteiger partial charge on any atom is -0.351 e.